The summed E-state index contributed by atoms with van der Waals surface area (Å²) in [5.41, 5.74) is 0. The molecule has 0 aliphatic rings. The Balaban J connectivity index is 3.85. The van der Waals surface area contributed by atoms with Crippen LogP contribution in [-0.2, 0) is 14.3 Å². The van der Waals surface area contributed by atoms with Crippen LogP contribution < -0.4 is 5.32 Å². The first-order valence-corrected chi connectivity index (χ1v) is 3.55. The van der Waals surface area contributed by atoms with E-state index >= 15 is 0 Å². The molecule has 0 fully saturated rings. The van der Waals surface area contributed by atoms with Crippen LogP contribution in [0.4, 0.5) is 0 Å². The first-order chi connectivity index (χ1) is 5.29. The molecule has 0 unspecified atom stereocenters. The number of ether oxygens (including phenoxy) is 2. The van der Waals surface area contributed by atoms with Crippen LogP contribution in [0.15, 0.2) is 0 Å². The highest BCUT2D eigenvalue weighted by molar-refractivity contribution is 5.46. The zero-order chi connectivity index (χ0) is 8.69. The maximum atomic E-state index is 10.1. The Hall–Kier alpha value is -0.610. The van der Waals surface area contributed by atoms with Gasteiger partial charge in [0.05, 0.1) is 6.04 Å². The van der Waals surface area contributed by atoms with Crippen molar-refractivity contribution in [2.75, 3.05) is 14.2 Å². The minimum atomic E-state index is -0.356. The maximum absolute atomic E-state index is 10.1. The number of carbonyl (C=O) groups is 1. The first kappa shape index (κ1) is 10.4. The predicted molar refractivity (Wildman–Crippen MR) is 41.1 cm³/mol. The average Bonchev–Trinajstić information content (AvgIpc) is 2.05. The monoisotopic (exact) mass is 161 g/mol. The van der Waals surface area contributed by atoms with Gasteiger partial charge in [-0.1, -0.05) is 6.92 Å². The van der Waals surface area contributed by atoms with Gasteiger partial charge in [-0.25, -0.2) is 0 Å². The number of amides is 1. The van der Waals surface area contributed by atoms with Gasteiger partial charge in [-0.3, -0.25) is 4.79 Å². The number of hydrogen-bond donors (Lipinski definition) is 1. The molecule has 4 nitrogen and oxygen atoms in total. The molecule has 1 N–H and O–H groups in total. The largest absolute Gasteiger partial charge is 0.354 e. The molecule has 0 aliphatic heterocycles. The molecule has 0 aliphatic carbocycles. The topological polar surface area (TPSA) is 47.6 Å². The lowest BCUT2D eigenvalue weighted by Gasteiger charge is -2.22. The molecule has 66 valence electrons. The van der Waals surface area contributed by atoms with Crippen molar-refractivity contribution in [2.24, 2.45) is 0 Å². The number of rotatable bonds is 6. The smallest absolute Gasteiger partial charge is 0.207 e. The number of hydrogen-bond acceptors (Lipinski definition) is 3. The molecule has 0 aromatic carbocycles. The highest BCUT2D eigenvalue weighted by atomic mass is 16.7. The Morgan fingerprint density at radius 1 is 1.45 bits per heavy atom. The molecule has 11 heavy (non-hydrogen) atoms. The van der Waals surface area contributed by atoms with E-state index in [9.17, 15) is 4.79 Å². The van der Waals surface area contributed by atoms with Gasteiger partial charge in [-0.2, -0.15) is 0 Å². The summed E-state index contributed by atoms with van der Waals surface area (Å²) in [5, 5.41) is 2.60. The van der Waals surface area contributed by atoms with Crippen molar-refractivity contribution in [2.45, 2.75) is 25.7 Å². The van der Waals surface area contributed by atoms with Gasteiger partial charge in [0.15, 0.2) is 6.29 Å². The lowest BCUT2D eigenvalue weighted by Crippen LogP contribution is -2.40. The highest BCUT2D eigenvalue weighted by Gasteiger charge is 2.17. The van der Waals surface area contributed by atoms with Gasteiger partial charge in [0.1, 0.15) is 0 Å². The zero-order valence-corrected chi connectivity index (χ0v) is 7.16. The van der Waals surface area contributed by atoms with Crippen LogP contribution in [-0.4, -0.2) is 33.0 Å². The van der Waals surface area contributed by atoms with E-state index in [1.807, 2.05) is 6.92 Å². The van der Waals surface area contributed by atoms with E-state index < -0.39 is 0 Å². The van der Waals surface area contributed by atoms with E-state index in [2.05, 4.69) is 5.32 Å². The van der Waals surface area contributed by atoms with Crippen molar-refractivity contribution in [3.63, 3.8) is 0 Å². The Morgan fingerprint density at radius 3 is 2.27 bits per heavy atom. The van der Waals surface area contributed by atoms with Gasteiger partial charge in [0.25, 0.3) is 0 Å². The van der Waals surface area contributed by atoms with Gasteiger partial charge in [0, 0.05) is 14.2 Å². The fourth-order valence-electron chi connectivity index (χ4n) is 0.901. The molecule has 0 heterocycles. The van der Waals surface area contributed by atoms with Crippen molar-refractivity contribution >= 4 is 6.41 Å². The second-order valence-electron chi connectivity index (χ2n) is 2.14. The molecule has 4 heteroatoms. The highest BCUT2D eigenvalue weighted by Crippen LogP contribution is 2.01. The van der Waals surface area contributed by atoms with Crippen LogP contribution in [0.2, 0.25) is 0 Å². The molecule has 1 amide bonds. The van der Waals surface area contributed by atoms with E-state index in [0.717, 1.165) is 6.42 Å². The molecule has 1 atom stereocenters. The van der Waals surface area contributed by atoms with Gasteiger partial charge < -0.3 is 14.8 Å². The summed E-state index contributed by atoms with van der Waals surface area (Å²) in [4.78, 5) is 10.1. The third kappa shape index (κ3) is 3.34. The van der Waals surface area contributed by atoms with Gasteiger partial charge in [-0.05, 0) is 6.42 Å². The molecule has 0 saturated heterocycles. The van der Waals surface area contributed by atoms with E-state index in [4.69, 9.17) is 9.47 Å². The molecular formula is C7H15NO3. The minimum absolute atomic E-state index is 0.0671. The average molecular weight is 161 g/mol. The molecule has 0 saturated carbocycles. The fourth-order valence-corrected chi connectivity index (χ4v) is 0.901. The van der Waals surface area contributed by atoms with Gasteiger partial charge in [0.2, 0.25) is 6.41 Å². The Kier molecular flexibility index (Phi) is 5.78. The Morgan fingerprint density at radius 2 is 2.00 bits per heavy atom. The standard InChI is InChI=1S/C7H15NO3/c1-4-6(8-5-9)7(10-2)11-3/h5-7H,4H2,1-3H3,(H,8,9)/t6-/m0/s1. The van der Waals surface area contributed by atoms with E-state index in [1.54, 1.807) is 14.2 Å². The molecular weight excluding hydrogens is 146 g/mol. The predicted octanol–water partition coefficient (Wildman–Crippen LogP) is 0.130. The van der Waals surface area contributed by atoms with Crippen LogP contribution in [0.3, 0.4) is 0 Å². The van der Waals surface area contributed by atoms with Crippen molar-refractivity contribution in [1.29, 1.82) is 0 Å². The second-order valence-corrected chi connectivity index (χ2v) is 2.14. The van der Waals surface area contributed by atoms with E-state index in [-0.39, 0.29) is 12.3 Å². The maximum Gasteiger partial charge on any atom is 0.207 e. The summed E-state index contributed by atoms with van der Waals surface area (Å²) in [7, 11) is 3.09. The molecule has 0 aromatic heterocycles. The van der Waals surface area contributed by atoms with Crippen molar-refractivity contribution in [1.82, 2.24) is 5.32 Å². The third-order valence-corrected chi connectivity index (χ3v) is 1.52. The van der Waals surface area contributed by atoms with Crippen LogP contribution in [0, 0.1) is 0 Å². The van der Waals surface area contributed by atoms with Crippen molar-refractivity contribution in [3.05, 3.63) is 0 Å². The summed E-state index contributed by atoms with van der Waals surface area (Å²) in [6.07, 6.45) is 1.08. The summed E-state index contributed by atoms with van der Waals surface area (Å²) in [6, 6.07) is -0.0671. The van der Waals surface area contributed by atoms with Crippen LogP contribution in [0.5, 0.6) is 0 Å². The van der Waals surface area contributed by atoms with Crippen LogP contribution in [0.25, 0.3) is 0 Å². The summed E-state index contributed by atoms with van der Waals surface area (Å²) in [6.45, 7) is 1.95. The number of methoxy groups -OCH3 is 2. The SMILES string of the molecule is CC[C@H](NC=O)C(OC)OC. The Labute approximate surface area is 66.9 Å². The van der Waals surface area contributed by atoms with Crippen molar-refractivity contribution < 1.29 is 14.3 Å². The quantitative estimate of drug-likeness (QED) is 0.445. The van der Waals surface area contributed by atoms with Gasteiger partial charge >= 0.3 is 0 Å². The lowest BCUT2D eigenvalue weighted by molar-refractivity contribution is -0.131. The van der Waals surface area contributed by atoms with Crippen LogP contribution in [0.1, 0.15) is 13.3 Å². The normalized spacial score (nSPS) is 13.1. The molecule has 0 radical (unpaired) electrons. The molecule has 0 rings (SSSR count). The lowest BCUT2D eigenvalue weighted by atomic mass is 10.2. The molecule has 0 spiro atoms. The second kappa shape index (κ2) is 6.12. The summed E-state index contributed by atoms with van der Waals surface area (Å²) >= 11 is 0. The van der Waals surface area contributed by atoms with Crippen molar-refractivity contribution in [3.8, 4) is 0 Å². The molecule has 0 aromatic rings. The first-order valence-electron chi connectivity index (χ1n) is 3.55. The fraction of sp³-hybridized carbons (Fsp3) is 0.857. The number of nitrogens with one attached hydrogen (secondary N) is 1. The zero-order valence-electron chi connectivity index (χ0n) is 7.16. The molecule has 0 bridgehead atoms. The summed E-state index contributed by atoms with van der Waals surface area (Å²) < 4.78 is 9.92. The van der Waals surface area contributed by atoms with Gasteiger partial charge in [-0.15, -0.1) is 0 Å². The third-order valence-electron chi connectivity index (χ3n) is 1.52. The minimum Gasteiger partial charge on any atom is -0.354 e. The Bertz CT molecular complexity index is 104. The van der Waals surface area contributed by atoms with E-state index in [1.165, 1.54) is 0 Å². The van der Waals surface area contributed by atoms with Crippen LogP contribution >= 0.6 is 0 Å². The summed E-state index contributed by atoms with van der Waals surface area (Å²) in [5.74, 6) is 0. The van der Waals surface area contributed by atoms with E-state index in [0.29, 0.717) is 6.41 Å². The number of carbonyl (C=O) groups excluding carboxylic acids is 1.